The minimum Gasteiger partial charge on any atom is -0.306 e. The highest BCUT2D eigenvalue weighted by atomic mass is 16.1. The molecule has 0 N–H and O–H groups in total. The number of ketones is 1. The smallest absolute Gasteiger partial charge is 0.131 e. The number of Topliss-reactive ketones (excluding diaryl/α,β-unsaturated/α-hetero) is 1. The molecule has 0 saturated heterocycles. The Hall–Kier alpha value is -0.370. The number of carbonyl (C=O) groups is 1. The molecule has 0 radical (unpaired) electrons. The van der Waals surface area contributed by atoms with Crippen LogP contribution in [-0.4, -0.2) is 30.8 Å². The van der Waals surface area contributed by atoms with E-state index in [1.807, 2.05) is 0 Å². The monoisotopic (exact) mass is 155 g/mol. The predicted octanol–water partition coefficient (Wildman–Crippen LogP) is 1.31. The van der Waals surface area contributed by atoms with Gasteiger partial charge >= 0.3 is 0 Å². The molecule has 2 nitrogen and oxygen atoms in total. The molecule has 2 heteroatoms. The van der Waals surface area contributed by atoms with E-state index in [0.717, 1.165) is 12.5 Å². The Bertz CT molecular complexity index is 140. The van der Waals surface area contributed by atoms with Gasteiger partial charge in [-0.1, -0.05) is 0 Å². The molecule has 1 rings (SSSR count). The van der Waals surface area contributed by atoms with Crippen LogP contribution < -0.4 is 0 Å². The van der Waals surface area contributed by atoms with E-state index in [2.05, 4.69) is 11.9 Å². The molecule has 11 heavy (non-hydrogen) atoms. The van der Waals surface area contributed by atoms with E-state index in [1.165, 1.54) is 19.4 Å². The van der Waals surface area contributed by atoms with Gasteiger partial charge in [-0.05, 0) is 32.7 Å². The van der Waals surface area contributed by atoms with Gasteiger partial charge in [0, 0.05) is 19.5 Å². The van der Waals surface area contributed by atoms with Gasteiger partial charge in [0.2, 0.25) is 0 Å². The molecule has 0 atom stereocenters. The highest BCUT2D eigenvalue weighted by Gasteiger charge is 2.22. The van der Waals surface area contributed by atoms with Crippen molar-refractivity contribution < 1.29 is 4.79 Å². The summed E-state index contributed by atoms with van der Waals surface area (Å²) < 4.78 is 0. The van der Waals surface area contributed by atoms with E-state index in [0.29, 0.717) is 12.2 Å². The summed E-state index contributed by atoms with van der Waals surface area (Å²) in [5, 5.41) is 0. The number of rotatable bonds is 5. The van der Waals surface area contributed by atoms with Crippen molar-refractivity contribution in [1.29, 1.82) is 0 Å². The summed E-state index contributed by atoms with van der Waals surface area (Å²) in [5.41, 5.74) is 0. The first kappa shape index (κ1) is 8.72. The van der Waals surface area contributed by atoms with Crippen molar-refractivity contribution in [2.75, 3.05) is 20.1 Å². The Kier molecular flexibility index (Phi) is 3.06. The standard InChI is InChI=1S/C9H17NO/c1-8(11)5-6-10(2)7-9-3-4-9/h9H,3-7H2,1-2H3. The first-order valence-corrected chi connectivity index (χ1v) is 4.36. The Labute approximate surface area is 68.6 Å². The van der Waals surface area contributed by atoms with Gasteiger partial charge in [0.25, 0.3) is 0 Å². The average Bonchev–Trinajstić information content (AvgIpc) is 2.67. The molecule has 0 bridgehead atoms. The lowest BCUT2D eigenvalue weighted by Gasteiger charge is -2.14. The minimum absolute atomic E-state index is 0.299. The van der Waals surface area contributed by atoms with Crippen LogP contribution in [0.15, 0.2) is 0 Å². The van der Waals surface area contributed by atoms with E-state index in [1.54, 1.807) is 6.92 Å². The van der Waals surface area contributed by atoms with E-state index >= 15 is 0 Å². The van der Waals surface area contributed by atoms with Gasteiger partial charge in [-0.25, -0.2) is 0 Å². The third-order valence-corrected chi connectivity index (χ3v) is 2.11. The zero-order chi connectivity index (χ0) is 8.27. The van der Waals surface area contributed by atoms with Gasteiger partial charge in [-0.15, -0.1) is 0 Å². The first-order valence-electron chi connectivity index (χ1n) is 4.36. The first-order chi connectivity index (χ1) is 5.18. The van der Waals surface area contributed by atoms with Crippen molar-refractivity contribution in [3.8, 4) is 0 Å². The Morgan fingerprint density at radius 3 is 2.64 bits per heavy atom. The van der Waals surface area contributed by atoms with Crippen LogP contribution in [0.4, 0.5) is 0 Å². The summed E-state index contributed by atoms with van der Waals surface area (Å²) >= 11 is 0. The quantitative estimate of drug-likeness (QED) is 0.596. The zero-order valence-electron chi connectivity index (χ0n) is 7.47. The minimum atomic E-state index is 0.299. The molecule has 0 unspecified atom stereocenters. The summed E-state index contributed by atoms with van der Waals surface area (Å²) in [6.07, 6.45) is 3.50. The third-order valence-electron chi connectivity index (χ3n) is 2.11. The van der Waals surface area contributed by atoms with Crippen molar-refractivity contribution in [2.24, 2.45) is 5.92 Å². The SMILES string of the molecule is CC(=O)CCN(C)CC1CC1. The summed E-state index contributed by atoms with van der Waals surface area (Å²) in [7, 11) is 2.10. The highest BCUT2D eigenvalue weighted by molar-refractivity contribution is 5.75. The molecular weight excluding hydrogens is 138 g/mol. The van der Waals surface area contributed by atoms with E-state index < -0.39 is 0 Å². The molecule has 1 aliphatic rings. The van der Waals surface area contributed by atoms with E-state index in [9.17, 15) is 4.79 Å². The lowest BCUT2D eigenvalue weighted by Crippen LogP contribution is -2.23. The molecule has 0 aromatic rings. The van der Waals surface area contributed by atoms with Crippen LogP contribution in [0.2, 0.25) is 0 Å². The van der Waals surface area contributed by atoms with Gasteiger partial charge in [-0.2, -0.15) is 0 Å². The summed E-state index contributed by atoms with van der Waals surface area (Å²) in [6.45, 7) is 3.78. The number of hydrogen-bond donors (Lipinski definition) is 0. The predicted molar refractivity (Wildman–Crippen MR) is 45.5 cm³/mol. The second-order valence-electron chi connectivity index (χ2n) is 3.66. The molecule has 1 fully saturated rings. The van der Waals surface area contributed by atoms with Gasteiger partial charge in [-0.3, -0.25) is 4.79 Å². The maximum Gasteiger partial charge on any atom is 0.131 e. The van der Waals surface area contributed by atoms with Crippen LogP contribution in [0.1, 0.15) is 26.2 Å². The van der Waals surface area contributed by atoms with Gasteiger partial charge in [0.1, 0.15) is 5.78 Å². The van der Waals surface area contributed by atoms with Crippen molar-refractivity contribution >= 4 is 5.78 Å². The van der Waals surface area contributed by atoms with Crippen LogP contribution in [0.3, 0.4) is 0 Å². The van der Waals surface area contributed by atoms with Crippen molar-refractivity contribution in [3.05, 3.63) is 0 Å². The molecule has 0 aromatic heterocycles. The average molecular weight is 155 g/mol. The Balaban J connectivity index is 1.99. The number of nitrogens with zero attached hydrogens (tertiary/aromatic N) is 1. The number of carbonyl (C=O) groups excluding carboxylic acids is 1. The van der Waals surface area contributed by atoms with E-state index in [-0.39, 0.29) is 0 Å². The summed E-state index contributed by atoms with van der Waals surface area (Å²) in [4.78, 5) is 12.9. The van der Waals surface area contributed by atoms with Crippen molar-refractivity contribution in [1.82, 2.24) is 4.90 Å². The molecular formula is C9H17NO. The molecule has 1 aliphatic carbocycles. The highest BCUT2D eigenvalue weighted by Crippen LogP contribution is 2.29. The largest absolute Gasteiger partial charge is 0.306 e. The molecule has 0 heterocycles. The molecule has 0 spiro atoms. The number of hydrogen-bond acceptors (Lipinski definition) is 2. The Morgan fingerprint density at radius 2 is 2.18 bits per heavy atom. The molecule has 0 aliphatic heterocycles. The third kappa shape index (κ3) is 4.14. The van der Waals surface area contributed by atoms with Gasteiger partial charge in [0.15, 0.2) is 0 Å². The van der Waals surface area contributed by atoms with Crippen LogP contribution in [-0.2, 0) is 4.79 Å². The summed E-state index contributed by atoms with van der Waals surface area (Å²) in [6, 6.07) is 0. The van der Waals surface area contributed by atoms with Gasteiger partial charge < -0.3 is 4.90 Å². The fourth-order valence-corrected chi connectivity index (χ4v) is 1.18. The van der Waals surface area contributed by atoms with Crippen molar-refractivity contribution in [2.45, 2.75) is 26.2 Å². The second-order valence-corrected chi connectivity index (χ2v) is 3.66. The maximum absolute atomic E-state index is 10.6. The Morgan fingerprint density at radius 1 is 1.55 bits per heavy atom. The van der Waals surface area contributed by atoms with Crippen LogP contribution in [0.5, 0.6) is 0 Å². The normalized spacial score (nSPS) is 17.4. The topological polar surface area (TPSA) is 20.3 Å². The lowest BCUT2D eigenvalue weighted by atomic mass is 10.3. The van der Waals surface area contributed by atoms with E-state index in [4.69, 9.17) is 0 Å². The van der Waals surface area contributed by atoms with Gasteiger partial charge in [0.05, 0.1) is 0 Å². The van der Waals surface area contributed by atoms with Crippen molar-refractivity contribution in [3.63, 3.8) is 0 Å². The molecule has 64 valence electrons. The van der Waals surface area contributed by atoms with Crippen LogP contribution >= 0.6 is 0 Å². The fraction of sp³-hybridized carbons (Fsp3) is 0.889. The fourth-order valence-electron chi connectivity index (χ4n) is 1.18. The van der Waals surface area contributed by atoms with Crippen LogP contribution in [0, 0.1) is 5.92 Å². The lowest BCUT2D eigenvalue weighted by molar-refractivity contribution is -0.117. The van der Waals surface area contributed by atoms with Crippen LogP contribution in [0.25, 0.3) is 0 Å². The molecule has 0 amide bonds. The molecule has 0 aromatic carbocycles. The zero-order valence-corrected chi connectivity index (χ0v) is 7.47. The molecule has 1 saturated carbocycles. The second kappa shape index (κ2) is 3.86. The summed E-state index contributed by atoms with van der Waals surface area (Å²) in [5.74, 6) is 1.24. The maximum atomic E-state index is 10.6.